The SMILES string of the molecule is COC(=O)CC(NC(=O)CCn1c(=O)oc2ccccc21)c1cccs1. The van der Waals surface area contributed by atoms with Gasteiger partial charge in [-0.2, -0.15) is 0 Å². The molecule has 2 aromatic heterocycles. The number of carbonyl (C=O) groups is 2. The first-order chi connectivity index (χ1) is 12.6. The number of amides is 1. The summed E-state index contributed by atoms with van der Waals surface area (Å²) in [5.74, 6) is -1.16. The smallest absolute Gasteiger partial charge is 0.419 e. The monoisotopic (exact) mass is 374 g/mol. The number of carbonyl (C=O) groups excluding carboxylic acids is 2. The molecule has 7 nitrogen and oxygen atoms in total. The maximum atomic E-state index is 12.4. The number of oxazole rings is 1. The average Bonchev–Trinajstić information content (AvgIpc) is 3.26. The van der Waals surface area contributed by atoms with Crippen LogP contribution in [-0.4, -0.2) is 23.6 Å². The molecule has 0 aliphatic rings. The van der Waals surface area contributed by atoms with Crippen LogP contribution in [0.3, 0.4) is 0 Å². The van der Waals surface area contributed by atoms with Gasteiger partial charge in [0.25, 0.3) is 0 Å². The lowest BCUT2D eigenvalue weighted by atomic mass is 10.1. The Morgan fingerprint density at radius 3 is 2.81 bits per heavy atom. The van der Waals surface area contributed by atoms with E-state index in [1.165, 1.54) is 23.0 Å². The predicted octanol–water partition coefficient (Wildman–Crippen LogP) is 2.47. The first-order valence-electron chi connectivity index (χ1n) is 8.06. The summed E-state index contributed by atoms with van der Waals surface area (Å²) in [5.41, 5.74) is 1.13. The van der Waals surface area contributed by atoms with Gasteiger partial charge in [-0.05, 0) is 23.6 Å². The van der Waals surface area contributed by atoms with Crippen molar-refractivity contribution < 1.29 is 18.7 Å². The maximum absolute atomic E-state index is 12.4. The highest BCUT2D eigenvalue weighted by molar-refractivity contribution is 7.10. The van der Waals surface area contributed by atoms with Gasteiger partial charge < -0.3 is 14.5 Å². The molecule has 1 unspecified atom stereocenters. The molecule has 0 bridgehead atoms. The van der Waals surface area contributed by atoms with Gasteiger partial charge in [0.2, 0.25) is 5.91 Å². The number of para-hydroxylation sites is 2. The summed E-state index contributed by atoms with van der Waals surface area (Å²) < 4.78 is 11.3. The molecular formula is C18H18N2O5S. The number of aromatic nitrogens is 1. The summed E-state index contributed by atoms with van der Waals surface area (Å²) in [4.78, 5) is 36.8. The summed E-state index contributed by atoms with van der Waals surface area (Å²) in [6.45, 7) is 0.192. The standard InChI is InChI=1S/C18H18N2O5S/c1-24-17(22)11-12(15-7-4-10-26-15)19-16(21)8-9-20-13-5-2-3-6-14(13)25-18(20)23/h2-7,10,12H,8-9,11H2,1H3,(H,19,21). The average molecular weight is 374 g/mol. The number of aryl methyl sites for hydroxylation is 1. The molecule has 3 aromatic rings. The van der Waals surface area contributed by atoms with Gasteiger partial charge in [-0.15, -0.1) is 11.3 Å². The van der Waals surface area contributed by atoms with Gasteiger partial charge in [-0.3, -0.25) is 14.2 Å². The Labute approximate surface area is 153 Å². The van der Waals surface area contributed by atoms with Crippen molar-refractivity contribution in [3.05, 3.63) is 57.2 Å². The molecule has 1 aromatic carbocycles. The summed E-state index contributed by atoms with van der Waals surface area (Å²) in [6.07, 6.45) is 0.143. The highest BCUT2D eigenvalue weighted by atomic mass is 32.1. The van der Waals surface area contributed by atoms with Gasteiger partial charge in [-0.25, -0.2) is 4.79 Å². The van der Waals surface area contributed by atoms with E-state index in [0.717, 1.165) is 4.88 Å². The molecule has 0 aliphatic heterocycles. The topological polar surface area (TPSA) is 90.5 Å². The first kappa shape index (κ1) is 17.9. The van der Waals surface area contributed by atoms with Crippen LogP contribution in [0.5, 0.6) is 0 Å². The zero-order valence-electron chi connectivity index (χ0n) is 14.1. The number of thiophene rings is 1. The third-order valence-electron chi connectivity index (χ3n) is 3.96. The van der Waals surface area contributed by atoms with Crippen LogP contribution >= 0.6 is 11.3 Å². The Morgan fingerprint density at radius 2 is 2.08 bits per heavy atom. The Kier molecular flexibility index (Phi) is 5.52. The molecule has 1 atom stereocenters. The number of hydrogen-bond donors (Lipinski definition) is 1. The van der Waals surface area contributed by atoms with Crippen molar-refractivity contribution in [2.45, 2.75) is 25.4 Å². The largest absolute Gasteiger partial charge is 0.469 e. The predicted molar refractivity (Wildman–Crippen MR) is 96.9 cm³/mol. The number of hydrogen-bond acceptors (Lipinski definition) is 6. The van der Waals surface area contributed by atoms with E-state index in [9.17, 15) is 14.4 Å². The van der Waals surface area contributed by atoms with Crippen LogP contribution in [0.4, 0.5) is 0 Å². The normalized spacial score (nSPS) is 12.0. The van der Waals surface area contributed by atoms with Crippen molar-refractivity contribution in [1.29, 1.82) is 0 Å². The molecule has 1 amide bonds. The second-order valence-corrected chi connectivity index (χ2v) is 6.63. The zero-order valence-corrected chi connectivity index (χ0v) is 15.0. The Bertz CT molecular complexity index is 958. The minimum atomic E-state index is -0.497. The number of fused-ring (bicyclic) bond motifs is 1. The number of ether oxygens (including phenoxy) is 1. The van der Waals surface area contributed by atoms with Gasteiger partial charge in [0.05, 0.1) is 25.1 Å². The van der Waals surface area contributed by atoms with E-state index in [0.29, 0.717) is 11.1 Å². The Balaban J connectivity index is 1.67. The molecule has 0 saturated heterocycles. The van der Waals surface area contributed by atoms with E-state index in [1.807, 2.05) is 17.5 Å². The Morgan fingerprint density at radius 1 is 1.27 bits per heavy atom. The zero-order chi connectivity index (χ0) is 18.5. The maximum Gasteiger partial charge on any atom is 0.419 e. The third-order valence-corrected chi connectivity index (χ3v) is 4.94. The molecular weight excluding hydrogens is 356 g/mol. The first-order valence-corrected chi connectivity index (χ1v) is 8.94. The van der Waals surface area contributed by atoms with Crippen molar-refractivity contribution in [2.75, 3.05) is 7.11 Å². The van der Waals surface area contributed by atoms with Crippen LogP contribution in [0.15, 0.2) is 51.0 Å². The minimum absolute atomic E-state index is 0.0529. The molecule has 2 heterocycles. The van der Waals surface area contributed by atoms with Gasteiger partial charge >= 0.3 is 11.7 Å². The van der Waals surface area contributed by atoms with E-state index in [2.05, 4.69) is 5.32 Å². The van der Waals surface area contributed by atoms with Crippen LogP contribution in [0, 0.1) is 0 Å². The molecule has 136 valence electrons. The second-order valence-electron chi connectivity index (χ2n) is 5.65. The van der Waals surface area contributed by atoms with Gasteiger partial charge in [0.15, 0.2) is 5.58 Å². The van der Waals surface area contributed by atoms with Gasteiger partial charge in [-0.1, -0.05) is 18.2 Å². The lowest BCUT2D eigenvalue weighted by Crippen LogP contribution is -2.31. The quantitative estimate of drug-likeness (QED) is 0.642. The summed E-state index contributed by atoms with van der Waals surface area (Å²) in [7, 11) is 1.31. The summed E-state index contributed by atoms with van der Waals surface area (Å²) >= 11 is 1.45. The third kappa shape index (κ3) is 4.02. The fourth-order valence-electron chi connectivity index (χ4n) is 2.67. The number of nitrogens with zero attached hydrogens (tertiary/aromatic N) is 1. The van der Waals surface area contributed by atoms with Gasteiger partial charge in [0, 0.05) is 17.8 Å². The molecule has 1 N–H and O–H groups in total. The fraction of sp³-hybridized carbons (Fsp3) is 0.278. The number of nitrogens with one attached hydrogen (secondary N) is 1. The van der Waals surface area contributed by atoms with Crippen molar-refractivity contribution >= 4 is 34.3 Å². The van der Waals surface area contributed by atoms with E-state index in [-0.39, 0.29) is 25.3 Å². The highest BCUT2D eigenvalue weighted by Crippen LogP contribution is 2.22. The van der Waals surface area contributed by atoms with Crippen molar-refractivity contribution in [2.24, 2.45) is 0 Å². The van der Waals surface area contributed by atoms with Crippen molar-refractivity contribution in [1.82, 2.24) is 9.88 Å². The highest BCUT2D eigenvalue weighted by Gasteiger charge is 2.20. The van der Waals surface area contributed by atoms with E-state index >= 15 is 0 Å². The van der Waals surface area contributed by atoms with Crippen LogP contribution in [0.25, 0.3) is 11.1 Å². The molecule has 0 aliphatic carbocycles. The molecule has 0 spiro atoms. The number of rotatable bonds is 7. The Hall–Kier alpha value is -2.87. The lowest BCUT2D eigenvalue weighted by Gasteiger charge is -2.16. The summed E-state index contributed by atoms with van der Waals surface area (Å²) in [6, 6.07) is 10.3. The number of esters is 1. The molecule has 3 rings (SSSR count). The van der Waals surface area contributed by atoms with Gasteiger partial charge in [0.1, 0.15) is 0 Å². The fourth-order valence-corrected chi connectivity index (χ4v) is 3.45. The van der Waals surface area contributed by atoms with Crippen LogP contribution in [0.1, 0.15) is 23.8 Å². The van der Waals surface area contributed by atoms with Crippen LogP contribution in [0.2, 0.25) is 0 Å². The molecule has 0 fully saturated rings. The van der Waals surface area contributed by atoms with E-state index in [1.54, 1.807) is 24.3 Å². The van der Waals surface area contributed by atoms with Crippen LogP contribution in [-0.2, 0) is 20.9 Å². The van der Waals surface area contributed by atoms with Crippen LogP contribution < -0.4 is 11.1 Å². The minimum Gasteiger partial charge on any atom is -0.469 e. The number of benzene rings is 1. The molecule has 8 heteroatoms. The van der Waals surface area contributed by atoms with Crippen molar-refractivity contribution in [3.8, 4) is 0 Å². The van der Waals surface area contributed by atoms with E-state index < -0.39 is 17.8 Å². The summed E-state index contributed by atoms with van der Waals surface area (Å²) in [5, 5.41) is 4.72. The molecule has 0 radical (unpaired) electrons. The second kappa shape index (κ2) is 8.01. The van der Waals surface area contributed by atoms with E-state index in [4.69, 9.17) is 9.15 Å². The lowest BCUT2D eigenvalue weighted by molar-refractivity contribution is -0.141. The molecule has 0 saturated carbocycles. The number of methoxy groups -OCH3 is 1. The molecule has 26 heavy (non-hydrogen) atoms. The van der Waals surface area contributed by atoms with Crippen molar-refractivity contribution in [3.63, 3.8) is 0 Å².